The molecule has 9 heteroatoms. The summed E-state index contributed by atoms with van der Waals surface area (Å²) in [6, 6.07) is 9.73. The third-order valence-corrected chi connectivity index (χ3v) is 3.91. The third kappa shape index (κ3) is 3.09. The highest BCUT2D eigenvalue weighted by Crippen LogP contribution is 2.26. The molecule has 1 amide bonds. The number of carboxylic acid groups (broad SMARTS) is 1. The number of benzene rings is 1. The summed E-state index contributed by atoms with van der Waals surface area (Å²) in [7, 11) is 0. The van der Waals surface area contributed by atoms with Gasteiger partial charge in [-0.25, -0.2) is 9.59 Å². The molecule has 1 aromatic carbocycles. The summed E-state index contributed by atoms with van der Waals surface area (Å²) in [6.45, 7) is 0. The van der Waals surface area contributed by atoms with E-state index in [0.29, 0.717) is 16.6 Å². The third-order valence-electron chi connectivity index (χ3n) is 3.91. The second-order valence-electron chi connectivity index (χ2n) is 5.60. The van der Waals surface area contributed by atoms with Crippen molar-refractivity contribution in [1.82, 2.24) is 25.0 Å². The van der Waals surface area contributed by atoms with E-state index in [4.69, 9.17) is 0 Å². The molecule has 0 atom stereocenters. The second-order valence-corrected chi connectivity index (χ2v) is 5.60. The van der Waals surface area contributed by atoms with Crippen LogP contribution >= 0.6 is 0 Å². The Morgan fingerprint density at radius 3 is 2.59 bits per heavy atom. The van der Waals surface area contributed by atoms with Crippen LogP contribution in [0.1, 0.15) is 10.5 Å². The van der Waals surface area contributed by atoms with E-state index >= 15 is 0 Å². The minimum absolute atomic E-state index is 0.209. The molecule has 0 saturated heterocycles. The van der Waals surface area contributed by atoms with Gasteiger partial charge in [-0.05, 0) is 29.8 Å². The highest BCUT2D eigenvalue weighted by atomic mass is 16.4. The smallest absolute Gasteiger partial charge is 0.357 e. The summed E-state index contributed by atoms with van der Waals surface area (Å²) >= 11 is 0. The van der Waals surface area contributed by atoms with E-state index in [2.05, 4.69) is 25.6 Å². The van der Waals surface area contributed by atoms with Crippen LogP contribution in [0.2, 0.25) is 0 Å². The van der Waals surface area contributed by atoms with Gasteiger partial charge in [0.1, 0.15) is 0 Å². The molecule has 0 bridgehead atoms. The first-order valence-electron chi connectivity index (χ1n) is 7.88. The second kappa shape index (κ2) is 6.64. The zero-order valence-corrected chi connectivity index (χ0v) is 13.8. The number of hydrogen-bond donors (Lipinski definition) is 2. The van der Waals surface area contributed by atoms with Crippen molar-refractivity contribution in [3.8, 4) is 11.1 Å². The van der Waals surface area contributed by atoms with Crippen LogP contribution in [0, 0.1) is 0 Å². The van der Waals surface area contributed by atoms with Crippen molar-refractivity contribution >= 4 is 28.6 Å². The molecule has 0 aliphatic rings. The Morgan fingerprint density at radius 1 is 1.00 bits per heavy atom. The normalized spacial score (nSPS) is 10.7. The fourth-order valence-corrected chi connectivity index (χ4v) is 2.69. The van der Waals surface area contributed by atoms with Crippen LogP contribution in [0.5, 0.6) is 0 Å². The van der Waals surface area contributed by atoms with Gasteiger partial charge in [-0.2, -0.15) is 20.0 Å². The minimum Gasteiger partial charge on any atom is -0.476 e. The number of anilines is 1. The average Bonchev–Trinajstić information content (AvgIpc) is 3.09. The standard InChI is InChI=1S/C18H12N6O3/c25-17(26)16-14-8-11(12-2-1-6-19-9-12)3-4-15(14)24(23-16)18(27)22-13-5-7-20-21-10-13/h1-10H,(H,25,26)(H,20,22,27). The van der Waals surface area contributed by atoms with Crippen LogP contribution in [0.25, 0.3) is 22.0 Å². The topological polar surface area (TPSA) is 123 Å². The monoisotopic (exact) mass is 360 g/mol. The first kappa shape index (κ1) is 16.3. The molecular formula is C18H12N6O3. The van der Waals surface area contributed by atoms with Gasteiger partial charge in [0.05, 0.1) is 23.6 Å². The minimum atomic E-state index is -1.22. The number of amides is 1. The molecule has 132 valence electrons. The van der Waals surface area contributed by atoms with E-state index in [1.165, 1.54) is 12.4 Å². The van der Waals surface area contributed by atoms with Crippen molar-refractivity contribution in [3.63, 3.8) is 0 Å². The molecule has 27 heavy (non-hydrogen) atoms. The number of carbonyl (C=O) groups is 2. The molecule has 0 unspecified atom stereocenters. The SMILES string of the molecule is O=C(O)c1nn(C(=O)Nc2ccnnc2)c2ccc(-c3cccnc3)cc12. The predicted octanol–water partition coefficient (Wildman–Crippen LogP) is 2.67. The molecule has 0 aliphatic heterocycles. The van der Waals surface area contributed by atoms with Crippen molar-refractivity contribution in [2.75, 3.05) is 5.32 Å². The van der Waals surface area contributed by atoms with Crippen LogP contribution in [-0.2, 0) is 0 Å². The van der Waals surface area contributed by atoms with E-state index < -0.39 is 12.0 Å². The largest absolute Gasteiger partial charge is 0.476 e. The average molecular weight is 360 g/mol. The van der Waals surface area contributed by atoms with Crippen LogP contribution in [-0.4, -0.2) is 42.1 Å². The number of nitrogens with one attached hydrogen (secondary N) is 1. The van der Waals surface area contributed by atoms with E-state index in [9.17, 15) is 14.7 Å². The first-order valence-corrected chi connectivity index (χ1v) is 7.88. The predicted molar refractivity (Wildman–Crippen MR) is 96.4 cm³/mol. The number of aromatic nitrogens is 5. The van der Waals surface area contributed by atoms with Gasteiger partial charge in [0.25, 0.3) is 0 Å². The van der Waals surface area contributed by atoms with Gasteiger partial charge < -0.3 is 10.4 Å². The molecule has 0 saturated carbocycles. The number of pyridine rings is 1. The Labute approximate surface area is 152 Å². The summed E-state index contributed by atoms with van der Waals surface area (Å²) in [5.74, 6) is -1.22. The quantitative estimate of drug-likeness (QED) is 0.576. The zero-order chi connectivity index (χ0) is 18.8. The maximum absolute atomic E-state index is 12.6. The van der Waals surface area contributed by atoms with E-state index in [1.54, 1.807) is 42.7 Å². The summed E-state index contributed by atoms with van der Waals surface area (Å²) in [5.41, 5.74) is 2.19. The number of aromatic carboxylic acids is 1. The number of carbonyl (C=O) groups excluding carboxylic acids is 1. The van der Waals surface area contributed by atoms with Crippen molar-refractivity contribution in [3.05, 3.63) is 66.9 Å². The summed E-state index contributed by atoms with van der Waals surface area (Å²) in [6.07, 6.45) is 6.14. The molecule has 2 N–H and O–H groups in total. The molecule has 0 aliphatic carbocycles. The van der Waals surface area contributed by atoms with Gasteiger partial charge in [-0.1, -0.05) is 12.1 Å². The Balaban J connectivity index is 1.80. The summed E-state index contributed by atoms with van der Waals surface area (Å²) in [5, 5.41) is 23.7. The Hall–Kier alpha value is -4.14. The van der Waals surface area contributed by atoms with Crippen molar-refractivity contribution in [2.45, 2.75) is 0 Å². The van der Waals surface area contributed by atoms with Crippen LogP contribution in [0.4, 0.5) is 10.5 Å². The molecule has 4 rings (SSSR count). The van der Waals surface area contributed by atoms with Crippen molar-refractivity contribution in [1.29, 1.82) is 0 Å². The Bertz CT molecular complexity index is 1140. The van der Waals surface area contributed by atoms with Gasteiger partial charge in [-0.15, -0.1) is 0 Å². The number of carboxylic acids is 1. The molecule has 0 radical (unpaired) electrons. The number of hydrogen-bond acceptors (Lipinski definition) is 6. The lowest BCUT2D eigenvalue weighted by Gasteiger charge is -2.05. The van der Waals surface area contributed by atoms with E-state index in [-0.39, 0.29) is 5.69 Å². The molecule has 4 aromatic rings. The lowest BCUT2D eigenvalue weighted by Crippen LogP contribution is -2.21. The fourth-order valence-electron chi connectivity index (χ4n) is 2.69. The van der Waals surface area contributed by atoms with Gasteiger partial charge >= 0.3 is 12.0 Å². The molecule has 3 heterocycles. The van der Waals surface area contributed by atoms with Gasteiger partial charge in [0.15, 0.2) is 5.69 Å². The van der Waals surface area contributed by atoms with E-state index in [0.717, 1.165) is 15.8 Å². The number of nitrogens with zero attached hydrogens (tertiary/aromatic N) is 5. The number of fused-ring (bicyclic) bond motifs is 1. The summed E-state index contributed by atoms with van der Waals surface area (Å²) < 4.78 is 1.02. The van der Waals surface area contributed by atoms with Crippen LogP contribution < -0.4 is 5.32 Å². The maximum Gasteiger partial charge on any atom is 0.357 e. The Morgan fingerprint density at radius 2 is 1.89 bits per heavy atom. The molecular weight excluding hydrogens is 348 g/mol. The highest BCUT2D eigenvalue weighted by Gasteiger charge is 2.20. The Kier molecular flexibility index (Phi) is 4.01. The summed E-state index contributed by atoms with van der Waals surface area (Å²) in [4.78, 5) is 28.2. The van der Waals surface area contributed by atoms with E-state index in [1.807, 2.05) is 6.07 Å². The zero-order valence-electron chi connectivity index (χ0n) is 13.8. The number of rotatable bonds is 3. The van der Waals surface area contributed by atoms with Crippen molar-refractivity contribution < 1.29 is 14.7 Å². The van der Waals surface area contributed by atoms with Crippen molar-refractivity contribution in [2.24, 2.45) is 0 Å². The maximum atomic E-state index is 12.6. The van der Waals surface area contributed by atoms with Gasteiger partial charge in [0, 0.05) is 23.3 Å². The molecule has 0 spiro atoms. The van der Waals surface area contributed by atoms with Crippen LogP contribution in [0.3, 0.4) is 0 Å². The molecule has 0 fully saturated rings. The van der Waals surface area contributed by atoms with Gasteiger partial charge in [-0.3, -0.25) is 4.98 Å². The lowest BCUT2D eigenvalue weighted by atomic mass is 10.0. The first-order chi connectivity index (χ1) is 13.1. The lowest BCUT2D eigenvalue weighted by molar-refractivity contribution is 0.0692. The molecule has 3 aromatic heterocycles. The highest BCUT2D eigenvalue weighted by molar-refractivity contribution is 6.06. The fraction of sp³-hybridized carbons (Fsp3) is 0. The van der Waals surface area contributed by atoms with Crippen LogP contribution in [0.15, 0.2) is 61.2 Å². The molecule has 9 nitrogen and oxygen atoms in total. The van der Waals surface area contributed by atoms with Gasteiger partial charge in [0.2, 0.25) is 0 Å².